The summed E-state index contributed by atoms with van der Waals surface area (Å²) in [5.41, 5.74) is 16.2. The third-order valence-corrected chi connectivity index (χ3v) is 13.3. The maximum Gasteiger partial charge on any atom is 0.216 e. The van der Waals surface area contributed by atoms with Crippen molar-refractivity contribution in [3.05, 3.63) is 230 Å². The molecule has 0 aliphatic rings. The van der Waals surface area contributed by atoms with Crippen LogP contribution in [0, 0.1) is 20.8 Å². The Labute approximate surface area is 401 Å². The van der Waals surface area contributed by atoms with Gasteiger partial charge in [-0.3, -0.25) is 0 Å². The van der Waals surface area contributed by atoms with Gasteiger partial charge in [0.2, 0.25) is 17.1 Å². The van der Waals surface area contributed by atoms with Crippen molar-refractivity contribution in [1.82, 2.24) is 13.2 Å². The Balaban J connectivity index is 0.000000113. The lowest BCUT2D eigenvalue weighted by Gasteiger charge is -2.12. The Hall–Kier alpha value is -8.75. The first-order valence-corrected chi connectivity index (χ1v) is 23.3. The summed E-state index contributed by atoms with van der Waals surface area (Å²) >= 11 is 0. The van der Waals surface area contributed by atoms with Gasteiger partial charge < -0.3 is 22.4 Å². The number of benzene rings is 3. The van der Waals surface area contributed by atoms with Crippen molar-refractivity contribution in [1.29, 1.82) is 0 Å². The molecule has 8 heteroatoms. The fraction of sp³-hybridized carbons (Fsp3) is 0.0984. The van der Waals surface area contributed by atoms with E-state index in [2.05, 4.69) is 234 Å². The van der Waals surface area contributed by atoms with Gasteiger partial charge in [0.15, 0.2) is 18.6 Å². The van der Waals surface area contributed by atoms with Gasteiger partial charge in [-0.1, -0.05) is 36.4 Å². The fourth-order valence-electron chi connectivity index (χ4n) is 9.68. The second-order valence-corrected chi connectivity index (χ2v) is 17.8. The van der Waals surface area contributed by atoms with Gasteiger partial charge in [-0.15, -0.1) is 0 Å². The predicted molar refractivity (Wildman–Crippen MR) is 278 cm³/mol. The first-order valence-electron chi connectivity index (χ1n) is 23.3. The highest BCUT2D eigenvalue weighted by Gasteiger charge is 2.21. The molecular weight excluding hydrogens is 849 g/mol. The van der Waals surface area contributed by atoms with E-state index in [0.29, 0.717) is 0 Å². The Morgan fingerprint density at radius 3 is 1.67 bits per heavy atom. The van der Waals surface area contributed by atoms with Crippen molar-refractivity contribution in [2.24, 2.45) is 21.1 Å². The summed E-state index contributed by atoms with van der Waals surface area (Å²) in [6.45, 7) is 6.44. The molecule has 13 aromatic rings. The van der Waals surface area contributed by atoms with E-state index in [1.807, 2.05) is 48.8 Å². The molecule has 336 valence electrons. The number of nitrogens with zero attached hydrogens (tertiary/aromatic N) is 6. The zero-order valence-corrected chi connectivity index (χ0v) is 39.7. The zero-order valence-electron chi connectivity index (χ0n) is 39.7. The van der Waals surface area contributed by atoms with Crippen LogP contribution < -0.4 is 18.4 Å². The summed E-state index contributed by atoms with van der Waals surface area (Å²) in [6.07, 6.45) is 18.8. The molecule has 13 rings (SSSR count). The Morgan fingerprint density at radius 2 is 0.986 bits per heavy atom. The van der Waals surface area contributed by atoms with E-state index >= 15 is 0 Å². The maximum absolute atomic E-state index is 6.32. The highest BCUT2D eigenvalue weighted by atomic mass is 16.5. The standard InChI is InChI=1S/C21H17N2O.C21H19N2O.C19H17N2/c1-14-8-9-16-17-13-23-11-5-6-15(23)12-19(17)24-21(16)20(14)18-7-3-4-10-22(18)2;1-16-7-5-10-20(21(16)19-9-3-4-12-22(19)2)24-18-11-14-23-13-6-8-17(23)15-18;1-14-8-9-15-13-21-11-5-6-16(21)12-17(15)19(14)18-7-3-4-10-20(18)2/h3-13H,1-2H3;3-15H,1-2H3;3-13H,1-2H3/q3*+1. The van der Waals surface area contributed by atoms with Gasteiger partial charge in [0.25, 0.3) is 0 Å². The van der Waals surface area contributed by atoms with Crippen LogP contribution in [0.5, 0.6) is 11.5 Å². The quantitative estimate of drug-likeness (QED) is 0.162. The van der Waals surface area contributed by atoms with Crippen LogP contribution in [0.3, 0.4) is 0 Å². The number of ether oxygens (including phenoxy) is 1. The van der Waals surface area contributed by atoms with Crippen LogP contribution in [0.15, 0.2) is 218 Å². The Bertz CT molecular complexity index is 4040. The molecule has 0 fully saturated rings. The maximum atomic E-state index is 6.32. The molecule has 0 bridgehead atoms. The number of fused-ring (bicyclic) bond motifs is 7. The van der Waals surface area contributed by atoms with Crippen LogP contribution in [0.4, 0.5) is 0 Å². The van der Waals surface area contributed by atoms with E-state index in [1.165, 1.54) is 44.2 Å². The molecular formula is C61H53N6O2+3. The van der Waals surface area contributed by atoms with Crippen molar-refractivity contribution in [2.75, 3.05) is 0 Å². The van der Waals surface area contributed by atoms with Crippen molar-refractivity contribution in [3.8, 4) is 45.3 Å². The molecule has 0 amide bonds. The monoisotopic (exact) mass is 901 g/mol. The number of hydrogen-bond acceptors (Lipinski definition) is 2. The molecule has 8 nitrogen and oxygen atoms in total. The highest BCUT2D eigenvalue weighted by Crippen LogP contribution is 2.38. The van der Waals surface area contributed by atoms with E-state index in [1.54, 1.807) is 0 Å². The average Bonchev–Trinajstić information content (AvgIpc) is 4.19. The summed E-state index contributed by atoms with van der Waals surface area (Å²) < 4.78 is 25.4. The Morgan fingerprint density at radius 1 is 0.420 bits per heavy atom. The van der Waals surface area contributed by atoms with E-state index in [-0.39, 0.29) is 0 Å². The summed E-state index contributed by atoms with van der Waals surface area (Å²) in [5.74, 6) is 1.71. The number of furan rings is 1. The predicted octanol–water partition coefficient (Wildman–Crippen LogP) is 13.1. The van der Waals surface area contributed by atoms with Gasteiger partial charge in [0, 0.05) is 113 Å². The van der Waals surface area contributed by atoms with E-state index in [9.17, 15) is 0 Å². The van der Waals surface area contributed by atoms with Crippen LogP contribution in [0.25, 0.3) is 83.0 Å². The molecule has 0 atom stereocenters. The van der Waals surface area contributed by atoms with Crippen molar-refractivity contribution in [2.45, 2.75) is 20.8 Å². The van der Waals surface area contributed by atoms with E-state index in [4.69, 9.17) is 9.15 Å². The number of aromatic nitrogens is 6. The molecule has 69 heavy (non-hydrogen) atoms. The molecule has 10 aromatic heterocycles. The average molecular weight is 902 g/mol. The molecule has 3 aromatic carbocycles. The number of hydrogen-bond donors (Lipinski definition) is 0. The number of aryl methyl sites for hydroxylation is 6. The summed E-state index contributed by atoms with van der Waals surface area (Å²) in [7, 11) is 6.22. The lowest BCUT2D eigenvalue weighted by Crippen LogP contribution is -2.30. The minimum atomic E-state index is 0.839. The highest BCUT2D eigenvalue weighted by molar-refractivity contribution is 6.10. The molecule has 0 N–H and O–H groups in total. The molecule has 0 aliphatic carbocycles. The van der Waals surface area contributed by atoms with Crippen LogP contribution in [-0.2, 0) is 21.1 Å². The second-order valence-electron chi connectivity index (χ2n) is 17.8. The fourth-order valence-corrected chi connectivity index (χ4v) is 9.68. The van der Waals surface area contributed by atoms with Crippen LogP contribution in [0.1, 0.15) is 16.7 Å². The van der Waals surface area contributed by atoms with Crippen LogP contribution in [-0.4, -0.2) is 13.2 Å². The lowest BCUT2D eigenvalue weighted by atomic mass is 9.97. The van der Waals surface area contributed by atoms with Gasteiger partial charge in [-0.05, 0) is 121 Å². The lowest BCUT2D eigenvalue weighted by molar-refractivity contribution is -0.660. The summed E-state index contributed by atoms with van der Waals surface area (Å²) in [4.78, 5) is 0. The summed E-state index contributed by atoms with van der Waals surface area (Å²) in [6, 6.07) is 54.7. The molecule has 0 saturated heterocycles. The van der Waals surface area contributed by atoms with Gasteiger partial charge in [-0.2, -0.15) is 0 Å². The smallest absolute Gasteiger partial charge is 0.216 e. The molecule has 0 aliphatic heterocycles. The number of pyridine rings is 6. The van der Waals surface area contributed by atoms with Crippen molar-refractivity contribution in [3.63, 3.8) is 0 Å². The second kappa shape index (κ2) is 17.8. The molecule has 0 saturated carbocycles. The summed E-state index contributed by atoms with van der Waals surface area (Å²) in [5, 5.41) is 4.88. The third kappa shape index (κ3) is 8.06. The van der Waals surface area contributed by atoms with Gasteiger partial charge in [0.1, 0.15) is 43.8 Å². The van der Waals surface area contributed by atoms with Crippen molar-refractivity contribution < 1.29 is 22.9 Å². The minimum absolute atomic E-state index is 0.839. The number of rotatable bonds is 5. The van der Waals surface area contributed by atoms with E-state index < -0.39 is 0 Å². The molecule has 0 spiro atoms. The Kier molecular flexibility index (Phi) is 11.1. The van der Waals surface area contributed by atoms with Gasteiger partial charge in [-0.25, -0.2) is 13.7 Å². The molecule has 10 heterocycles. The topological polar surface area (TPSA) is 47.2 Å². The first kappa shape index (κ1) is 42.9. The minimum Gasteiger partial charge on any atom is -0.456 e. The van der Waals surface area contributed by atoms with Crippen LogP contribution >= 0.6 is 0 Å². The normalized spacial score (nSPS) is 11.3. The first-order chi connectivity index (χ1) is 33.7. The van der Waals surface area contributed by atoms with Crippen LogP contribution in [0.2, 0.25) is 0 Å². The zero-order chi connectivity index (χ0) is 47.2. The van der Waals surface area contributed by atoms with Crippen molar-refractivity contribution >= 4 is 49.3 Å². The molecule has 0 unspecified atom stereocenters. The SMILES string of the molecule is Cc1ccc2c(oc3cc4cccn4cc32)c1-c1cccc[n+]1C.Cc1ccc2cn3cccc3cc2c1-c1cccc[n+]1C.Cc1cccc(Oc2ccn3cccc3c2)c1-c1cccc[n+]1C. The van der Waals surface area contributed by atoms with Gasteiger partial charge >= 0.3 is 0 Å². The van der Waals surface area contributed by atoms with E-state index in [0.717, 1.165) is 67.0 Å². The third-order valence-electron chi connectivity index (χ3n) is 13.3. The molecule has 0 radical (unpaired) electrons. The largest absolute Gasteiger partial charge is 0.456 e. The van der Waals surface area contributed by atoms with Gasteiger partial charge in [0.05, 0.1) is 16.7 Å².